The van der Waals surface area contributed by atoms with Crippen LogP contribution in [0.3, 0.4) is 0 Å². The van der Waals surface area contributed by atoms with Crippen molar-refractivity contribution in [3.63, 3.8) is 0 Å². The molecule has 1 unspecified atom stereocenters. The van der Waals surface area contributed by atoms with E-state index in [9.17, 15) is 14.0 Å². The summed E-state index contributed by atoms with van der Waals surface area (Å²) in [6.07, 6.45) is 1.47. The average molecular weight is 370 g/mol. The Labute approximate surface area is 152 Å². The molecule has 0 saturated carbocycles. The highest BCUT2D eigenvalue weighted by Gasteiger charge is 2.29. The Balaban J connectivity index is 1.86. The number of rotatable bonds is 5. The Hall–Kier alpha value is -1.66. The second-order valence-electron chi connectivity index (χ2n) is 6.77. The van der Waals surface area contributed by atoms with Gasteiger partial charge in [0.1, 0.15) is 5.82 Å². The van der Waals surface area contributed by atoms with Gasteiger partial charge < -0.3 is 10.6 Å². The van der Waals surface area contributed by atoms with E-state index in [1.807, 2.05) is 20.8 Å². The average Bonchev–Trinajstić information content (AvgIpc) is 2.57. The van der Waals surface area contributed by atoms with Gasteiger partial charge in [-0.05, 0) is 64.9 Å². The maximum atomic E-state index is 13.2. The molecule has 2 rings (SSSR count). The molecule has 1 aliphatic heterocycles. The van der Waals surface area contributed by atoms with Gasteiger partial charge >= 0.3 is 0 Å². The van der Waals surface area contributed by atoms with Gasteiger partial charge in [0, 0.05) is 17.6 Å². The summed E-state index contributed by atoms with van der Waals surface area (Å²) in [6.45, 7) is 7.10. The third-order valence-electron chi connectivity index (χ3n) is 4.45. The predicted octanol–water partition coefficient (Wildman–Crippen LogP) is 3.04. The Morgan fingerprint density at radius 2 is 1.88 bits per heavy atom. The monoisotopic (exact) mass is 369 g/mol. The highest BCUT2D eigenvalue weighted by molar-refractivity contribution is 6.31. The lowest BCUT2D eigenvalue weighted by atomic mass is 9.94. The summed E-state index contributed by atoms with van der Waals surface area (Å²) in [5.74, 6) is -0.597. The van der Waals surface area contributed by atoms with Gasteiger partial charge in [-0.1, -0.05) is 11.6 Å². The molecule has 1 saturated heterocycles. The highest BCUT2D eigenvalue weighted by atomic mass is 35.5. The largest absolute Gasteiger partial charge is 0.354 e. The van der Waals surface area contributed by atoms with Gasteiger partial charge in [0.25, 0.3) is 0 Å². The lowest BCUT2D eigenvalue weighted by Crippen LogP contribution is -2.48. The van der Waals surface area contributed by atoms with Crippen molar-refractivity contribution in [1.82, 2.24) is 10.2 Å². The number of halogens is 2. The van der Waals surface area contributed by atoms with Crippen molar-refractivity contribution in [2.24, 2.45) is 5.92 Å². The molecule has 138 valence electrons. The number of carbonyl (C=O) groups is 2. The van der Waals surface area contributed by atoms with Gasteiger partial charge in [-0.15, -0.1) is 0 Å². The van der Waals surface area contributed by atoms with Crippen molar-refractivity contribution in [3.8, 4) is 0 Å². The number of hydrogen-bond donors (Lipinski definition) is 2. The third-order valence-corrected chi connectivity index (χ3v) is 4.74. The molecule has 1 heterocycles. The van der Waals surface area contributed by atoms with E-state index in [-0.39, 0.29) is 34.8 Å². The van der Waals surface area contributed by atoms with E-state index < -0.39 is 5.82 Å². The number of hydrogen-bond acceptors (Lipinski definition) is 3. The van der Waals surface area contributed by atoms with Gasteiger partial charge in [-0.25, -0.2) is 4.39 Å². The van der Waals surface area contributed by atoms with Crippen molar-refractivity contribution in [3.05, 3.63) is 29.0 Å². The van der Waals surface area contributed by atoms with Gasteiger partial charge in [-0.2, -0.15) is 0 Å². The summed E-state index contributed by atoms with van der Waals surface area (Å²) in [7, 11) is 0. The molecular weight excluding hydrogens is 345 g/mol. The molecule has 25 heavy (non-hydrogen) atoms. The van der Waals surface area contributed by atoms with E-state index in [2.05, 4.69) is 15.5 Å². The molecule has 1 aliphatic rings. The van der Waals surface area contributed by atoms with Crippen LogP contribution in [0.5, 0.6) is 0 Å². The van der Waals surface area contributed by atoms with E-state index in [0.29, 0.717) is 18.8 Å². The molecular formula is C18H25ClFN3O2. The Morgan fingerprint density at radius 1 is 1.24 bits per heavy atom. The predicted molar refractivity (Wildman–Crippen MR) is 97.1 cm³/mol. The molecule has 0 aromatic heterocycles. The minimum Gasteiger partial charge on any atom is -0.354 e. The van der Waals surface area contributed by atoms with Crippen LogP contribution in [0.15, 0.2) is 18.2 Å². The molecule has 0 radical (unpaired) electrons. The number of carbonyl (C=O) groups excluding carboxylic acids is 2. The Bertz CT molecular complexity index is 631. The topological polar surface area (TPSA) is 61.4 Å². The molecule has 0 bridgehead atoms. The van der Waals surface area contributed by atoms with Gasteiger partial charge in [0.05, 0.1) is 11.1 Å². The van der Waals surface area contributed by atoms with E-state index >= 15 is 0 Å². The first-order chi connectivity index (χ1) is 11.8. The van der Waals surface area contributed by atoms with E-state index in [1.165, 1.54) is 18.2 Å². The molecule has 1 aromatic rings. The summed E-state index contributed by atoms with van der Waals surface area (Å²) >= 11 is 5.73. The zero-order chi connectivity index (χ0) is 18.6. The quantitative estimate of drug-likeness (QED) is 0.838. The molecule has 5 nitrogen and oxygen atoms in total. The maximum absolute atomic E-state index is 13.2. The highest BCUT2D eigenvalue weighted by Crippen LogP contribution is 2.22. The smallest absolute Gasteiger partial charge is 0.241 e. The second kappa shape index (κ2) is 8.63. The maximum Gasteiger partial charge on any atom is 0.241 e. The summed E-state index contributed by atoms with van der Waals surface area (Å²) in [5, 5.41) is 5.67. The van der Waals surface area contributed by atoms with Crippen LogP contribution in [0.25, 0.3) is 0 Å². The van der Waals surface area contributed by atoms with Crippen LogP contribution in [-0.4, -0.2) is 41.9 Å². The first-order valence-corrected chi connectivity index (χ1v) is 8.96. The van der Waals surface area contributed by atoms with E-state index in [1.54, 1.807) is 0 Å². The van der Waals surface area contributed by atoms with Crippen LogP contribution in [0, 0.1) is 11.7 Å². The van der Waals surface area contributed by atoms with Gasteiger partial charge in [0.2, 0.25) is 11.8 Å². The Morgan fingerprint density at radius 3 is 2.44 bits per heavy atom. The van der Waals surface area contributed by atoms with Crippen molar-refractivity contribution in [2.45, 2.75) is 45.7 Å². The minimum absolute atomic E-state index is 0.00446. The molecule has 0 spiro atoms. The van der Waals surface area contributed by atoms with Crippen LogP contribution in [0.1, 0.15) is 33.6 Å². The van der Waals surface area contributed by atoms with E-state index in [4.69, 9.17) is 11.6 Å². The lowest BCUT2D eigenvalue weighted by molar-refractivity contribution is -0.127. The zero-order valence-electron chi connectivity index (χ0n) is 14.8. The van der Waals surface area contributed by atoms with Gasteiger partial charge in [0.15, 0.2) is 0 Å². The van der Waals surface area contributed by atoms with Crippen LogP contribution in [-0.2, 0) is 9.59 Å². The number of nitrogens with one attached hydrogen (secondary N) is 2. The summed E-state index contributed by atoms with van der Waals surface area (Å²) in [6, 6.07) is 3.90. The van der Waals surface area contributed by atoms with Crippen molar-refractivity contribution in [2.75, 3.05) is 18.4 Å². The Kier molecular flexibility index (Phi) is 6.79. The lowest BCUT2D eigenvalue weighted by Gasteiger charge is -2.35. The third kappa shape index (κ3) is 5.41. The summed E-state index contributed by atoms with van der Waals surface area (Å²) < 4.78 is 13.2. The SMILES string of the molecule is CC(C)NC(=O)C1CCN(C(C)C(=O)Nc2ccc(F)c(Cl)c2)CC1. The fraction of sp³-hybridized carbons (Fsp3) is 0.556. The molecule has 2 N–H and O–H groups in total. The zero-order valence-corrected chi connectivity index (χ0v) is 15.6. The van der Waals surface area contributed by atoms with E-state index in [0.717, 1.165) is 12.8 Å². The molecule has 2 amide bonds. The number of benzene rings is 1. The van der Waals surface area contributed by atoms with Crippen LogP contribution < -0.4 is 10.6 Å². The van der Waals surface area contributed by atoms with Crippen molar-refractivity contribution < 1.29 is 14.0 Å². The molecule has 7 heteroatoms. The fourth-order valence-electron chi connectivity index (χ4n) is 2.94. The van der Waals surface area contributed by atoms with Crippen LogP contribution in [0.2, 0.25) is 5.02 Å². The molecule has 1 fully saturated rings. The number of amides is 2. The van der Waals surface area contributed by atoms with Crippen LogP contribution in [0.4, 0.5) is 10.1 Å². The van der Waals surface area contributed by atoms with Crippen LogP contribution >= 0.6 is 11.6 Å². The second-order valence-corrected chi connectivity index (χ2v) is 7.17. The van der Waals surface area contributed by atoms with Crippen molar-refractivity contribution >= 4 is 29.1 Å². The van der Waals surface area contributed by atoms with Crippen molar-refractivity contribution in [1.29, 1.82) is 0 Å². The normalized spacial score (nSPS) is 17.4. The number of likely N-dealkylation sites (tertiary alicyclic amines) is 1. The molecule has 1 atom stereocenters. The number of piperidine rings is 1. The summed E-state index contributed by atoms with van der Waals surface area (Å²) in [4.78, 5) is 26.5. The van der Waals surface area contributed by atoms with Gasteiger partial charge in [-0.3, -0.25) is 14.5 Å². The molecule has 1 aromatic carbocycles. The fourth-order valence-corrected chi connectivity index (χ4v) is 3.12. The first-order valence-electron chi connectivity index (χ1n) is 8.58. The summed E-state index contributed by atoms with van der Waals surface area (Å²) in [5.41, 5.74) is 0.467. The minimum atomic E-state index is -0.519. The number of nitrogens with zero attached hydrogens (tertiary/aromatic N) is 1. The first kappa shape index (κ1) is 19.7. The molecule has 0 aliphatic carbocycles. The standard InChI is InChI=1S/C18H25ClFN3O2/c1-11(2)21-18(25)13-6-8-23(9-7-13)12(3)17(24)22-14-4-5-16(20)15(19)10-14/h4-5,10-13H,6-9H2,1-3H3,(H,21,25)(H,22,24). The number of anilines is 1.